The van der Waals surface area contributed by atoms with Crippen molar-refractivity contribution in [3.63, 3.8) is 0 Å². The summed E-state index contributed by atoms with van der Waals surface area (Å²) in [5.74, 6) is -0.676. The van der Waals surface area contributed by atoms with Crippen LogP contribution in [-0.2, 0) is 4.74 Å². The minimum Gasteiger partial charge on any atom is -0.406 e. The number of ether oxygens (including phenoxy) is 2. The first-order valence-electron chi connectivity index (χ1n) is 9.42. The Kier molecular flexibility index (Phi) is 5.80. The van der Waals surface area contributed by atoms with Gasteiger partial charge in [-0.1, -0.05) is 11.3 Å². The Morgan fingerprint density at radius 3 is 2.71 bits per heavy atom. The average Bonchev–Trinajstić information content (AvgIpc) is 3.39. The highest BCUT2D eigenvalue weighted by molar-refractivity contribution is 7.22. The number of carbonyl (C=O) groups excluding carboxylic acids is 1. The molecule has 2 heterocycles. The normalized spacial score (nSPS) is 16.3. The van der Waals surface area contributed by atoms with E-state index >= 15 is 0 Å². The van der Waals surface area contributed by atoms with E-state index in [9.17, 15) is 18.0 Å². The Bertz CT molecular complexity index is 1130. The summed E-state index contributed by atoms with van der Waals surface area (Å²) in [4.78, 5) is 19.2. The number of benzene rings is 2. The van der Waals surface area contributed by atoms with E-state index in [-0.39, 0.29) is 24.3 Å². The van der Waals surface area contributed by atoms with Crippen molar-refractivity contribution in [1.29, 1.82) is 5.26 Å². The lowest BCUT2D eigenvalue weighted by Gasteiger charge is -2.23. The number of alkyl halides is 3. The zero-order valence-corrected chi connectivity index (χ0v) is 16.9. The summed E-state index contributed by atoms with van der Waals surface area (Å²) in [5.41, 5.74) is 1.26. The van der Waals surface area contributed by atoms with Gasteiger partial charge in [0.15, 0.2) is 5.13 Å². The molecule has 160 valence electrons. The van der Waals surface area contributed by atoms with Crippen molar-refractivity contribution in [3.8, 4) is 11.8 Å². The Morgan fingerprint density at radius 1 is 1.29 bits per heavy atom. The standard InChI is InChI=1S/C21H16F3N3O3S/c22-21(23,24)30-15-7-8-17-18(10-15)31-20(26-17)27(12-16-2-1-9-29-16)19(28)14-5-3-13(11-25)4-6-14/h3-8,10,16H,1-2,9,12H2. The molecule has 6 nitrogen and oxygen atoms in total. The lowest BCUT2D eigenvalue weighted by molar-refractivity contribution is -0.274. The molecule has 1 aliphatic rings. The number of anilines is 1. The lowest BCUT2D eigenvalue weighted by Crippen LogP contribution is -2.37. The van der Waals surface area contributed by atoms with Crippen LogP contribution in [0.25, 0.3) is 10.2 Å². The van der Waals surface area contributed by atoms with Crippen LogP contribution < -0.4 is 9.64 Å². The molecule has 10 heteroatoms. The van der Waals surface area contributed by atoms with Gasteiger partial charge in [0.2, 0.25) is 0 Å². The molecule has 1 atom stereocenters. The average molecular weight is 447 g/mol. The third kappa shape index (κ3) is 4.95. The molecule has 1 aromatic heterocycles. The Labute approximate surface area is 179 Å². The molecule has 0 saturated carbocycles. The van der Waals surface area contributed by atoms with Gasteiger partial charge in [-0.3, -0.25) is 9.69 Å². The van der Waals surface area contributed by atoms with Gasteiger partial charge in [-0.15, -0.1) is 13.2 Å². The molecule has 0 bridgehead atoms. The Hall–Kier alpha value is -3.16. The number of fused-ring (bicyclic) bond motifs is 1. The molecule has 31 heavy (non-hydrogen) atoms. The summed E-state index contributed by atoms with van der Waals surface area (Å²) >= 11 is 1.10. The highest BCUT2D eigenvalue weighted by atomic mass is 32.1. The van der Waals surface area contributed by atoms with Gasteiger partial charge in [0.1, 0.15) is 5.75 Å². The summed E-state index contributed by atoms with van der Waals surface area (Å²) in [7, 11) is 0. The maximum Gasteiger partial charge on any atom is 0.573 e. The first-order valence-corrected chi connectivity index (χ1v) is 10.2. The van der Waals surface area contributed by atoms with E-state index in [1.807, 2.05) is 6.07 Å². The van der Waals surface area contributed by atoms with Crippen molar-refractivity contribution in [2.75, 3.05) is 18.1 Å². The molecule has 1 saturated heterocycles. The number of amides is 1. The molecule has 3 aromatic rings. The van der Waals surface area contributed by atoms with Crippen LogP contribution in [0.1, 0.15) is 28.8 Å². The van der Waals surface area contributed by atoms with Gasteiger partial charge in [-0.2, -0.15) is 5.26 Å². The van der Waals surface area contributed by atoms with Crippen LogP contribution in [-0.4, -0.2) is 36.5 Å². The molecule has 1 unspecified atom stereocenters. The van der Waals surface area contributed by atoms with Crippen molar-refractivity contribution in [3.05, 3.63) is 53.6 Å². The number of nitrogens with zero attached hydrogens (tertiary/aromatic N) is 3. The van der Waals surface area contributed by atoms with E-state index in [2.05, 4.69) is 9.72 Å². The number of hydrogen-bond donors (Lipinski definition) is 0. The molecule has 0 radical (unpaired) electrons. The first-order chi connectivity index (χ1) is 14.8. The Balaban J connectivity index is 1.67. The maximum absolute atomic E-state index is 13.2. The molecule has 1 aliphatic heterocycles. The van der Waals surface area contributed by atoms with Crippen molar-refractivity contribution < 1.29 is 27.4 Å². The van der Waals surface area contributed by atoms with Gasteiger partial charge in [0, 0.05) is 18.2 Å². The molecule has 1 amide bonds. The maximum atomic E-state index is 13.2. The van der Waals surface area contributed by atoms with Gasteiger partial charge in [-0.25, -0.2) is 4.98 Å². The number of aromatic nitrogens is 1. The fourth-order valence-electron chi connectivity index (χ4n) is 3.29. The van der Waals surface area contributed by atoms with E-state index in [0.717, 1.165) is 24.2 Å². The number of nitriles is 1. The zero-order chi connectivity index (χ0) is 22.0. The number of thiazole rings is 1. The predicted molar refractivity (Wildman–Crippen MR) is 108 cm³/mol. The quantitative estimate of drug-likeness (QED) is 0.557. The fraction of sp³-hybridized carbons (Fsp3) is 0.286. The largest absolute Gasteiger partial charge is 0.573 e. The topological polar surface area (TPSA) is 75.5 Å². The van der Waals surface area contributed by atoms with Crippen molar-refractivity contribution in [2.24, 2.45) is 0 Å². The van der Waals surface area contributed by atoms with E-state index < -0.39 is 6.36 Å². The van der Waals surface area contributed by atoms with E-state index in [1.54, 1.807) is 24.3 Å². The van der Waals surface area contributed by atoms with Crippen molar-refractivity contribution >= 4 is 32.6 Å². The van der Waals surface area contributed by atoms with Gasteiger partial charge in [0.25, 0.3) is 5.91 Å². The smallest absolute Gasteiger partial charge is 0.406 e. The predicted octanol–water partition coefficient (Wildman–Crippen LogP) is 4.89. The highest BCUT2D eigenvalue weighted by Crippen LogP contribution is 2.34. The van der Waals surface area contributed by atoms with Gasteiger partial charge in [-0.05, 0) is 49.2 Å². The van der Waals surface area contributed by atoms with Gasteiger partial charge >= 0.3 is 6.36 Å². The number of carbonyl (C=O) groups is 1. The monoisotopic (exact) mass is 447 g/mol. The molecular formula is C21H16F3N3O3S. The summed E-state index contributed by atoms with van der Waals surface area (Å²) in [5, 5.41) is 9.32. The lowest BCUT2D eigenvalue weighted by atomic mass is 10.1. The van der Waals surface area contributed by atoms with E-state index in [4.69, 9.17) is 10.00 Å². The third-order valence-corrected chi connectivity index (χ3v) is 5.77. The number of rotatable bonds is 5. The summed E-state index contributed by atoms with van der Waals surface area (Å²) in [6, 6.07) is 12.1. The highest BCUT2D eigenvalue weighted by Gasteiger charge is 2.31. The minimum atomic E-state index is -4.79. The first kappa shape index (κ1) is 21.1. The second-order valence-corrected chi connectivity index (χ2v) is 7.92. The van der Waals surface area contributed by atoms with Crippen LogP contribution in [0.3, 0.4) is 0 Å². The molecule has 4 rings (SSSR count). The summed E-state index contributed by atoms with van der Waals surface area (Å²) < 4.78 is 47.7. The molecule has 0 N–H and O–H groups in total. The van der Waals surface area contributed by atoms with E-state index in [1.165, 1.54) is 23.1 Å². The summed E-state index contributed by atoms with van der Waals surface area (Å²) in [6.07, 6.45) is -3.26. The number of halogens is 3. The Morgan fingerprint density at radius 2 is 2.06 bits per heavy atom. The molecule has 1 fully saturated rings. The second-order valence-electron chi connectivity index (χ2n) is 6.91. The third-order valence-electron chi connectivity index (χ3n) is 4.73. The second kappa shape index (κ2) is 8.53. The SMILES string of the molecule is N#Cc1ccc(C(=O)N(CC2CCCO2)c2nc3ccc(OC(F)(F)F)cc3s2)cc1. The van der Waals surface area contributed by atoms with Crippen LogP contribution in [0, 0.1) is 11.3 Å². The van der Waals surface area contributed by atoms with Crippen LogP contribution in [0.15, 0.2) is 42.5 Å². The van der Waals surface area contributed by atoms with Crippen LogP contribution >= 0.6 is 11.3 Å². The molecular weight excluding hydrogens is 431 g/mol. The van der Waals surface area contributed by atoms with Gasteiger partial charge in [0.05, 0.1) is 34.5 Å². The van der Waals surface area contributed by atoms with Crippen molar-refractivity contribution in [1.82, 2.24) is 4.98 Å². The molecule has 0 spiro atoms. The number of hydrogen-bond acceptors (Lipinski definition) is 6. The van der Waals surface area contributed by atoms with Crippen molar-refractivity contribution in [2.45, 2.75) is 25.3 Å². The van der Waals surface area contributed by atoms with Gasteiger partial charge < -0.3 is 9.47 Å². The summed E-state index contributed by atoms with van der Waals surface area (Å²) in [6.45, 7) is 0.881. The molecule has 2 aromatic carbocycles. The van der Waals surface area contributed by atoms with E-state index in [0.29, 0.717) is 33.1 Å². The minimum absolute atomic E-state index is 0.154. The molecule has 0 aliphatic carbocycles. The van der Waals surface area contributed by atoms with Crippen LogP contribution in [0.2, 0.25) is 0 Å². The van der Waals surface area contributed by atoms with Crippen LogP contribution in [0.4, 0.5) is 18.3 Å². The fourth-order valence-corrected chi connectivity index (χ4v) is 4.29. The zero-order valence-electron chi connectivity index (χ0n) is 16.1. The van der Waals surface area contributed by atoms with Crippen LogP contribution in [0.5, 0.6) is 5.75 Å².